The molecule has 68 valence electrons. The summed E-state index contributed by atoms with van der Waals surface area (Å²) in [5.74, 6) is 0. The van der Waals surface area contributed by atoms with Crippen molar-refractivity contribution >= 4 is 11.4 Å². The molecule has 2 heterocycles. The summed E-state index contributed by atoms with van der Waals surface area (Å²) in [6.07, 6.45) is 0. The van der Waals surface area contributed by atoms with Gasteiger partial charge in [-0.2, -0.15) is 0 Å². The molecule has 0 aromatic heterocycles. The second kappa shape index (κ2) is 2.39. The van der Waals surface area contributed by atoms with Crippen LogP contribution in [0.25, 0.3) is 0 Å². The summed E-state index contributed by atoms with van der Waals surface area (Å²) < 4.78 is 0. The fourth-order valence-corrected chi connectivity index (χ4v) is 2.21. The van der Waals surface area contributed by atoms with Crippen LogP contribution in [0, 0.1) is 0 Å². The molecule has 0 radical (unpaired) electrons. The highest BCUT2D eigenvalue weighted by atomic mass is 15.2. The molecule has 0 saturated heterocycles. The number of benzene rings is 1. The first-order valence-corrected chi connectivity index (χ1v) is 4.65. The van der Waals surface area contributed by atoms with Crippen molar-refractivity contribution in [2.24, 2.45) is 0 Å². The third-order valence-electron chi connectivity index (χ3n) is 2.82. The molecule has 0 saturated carbocycles. The van der Waals surface area contributed by atoms with Gasteiger partial charge < -0.3 is 10.6 Å². The molecule has 0 spiro atoms. The fraction of sp³-hybridized carbons (Fsp3) is 0.400. The molecule has 0 bridgehead atoms. The lowest BCUT2D eigenvalue weighted by atomic mass is 10.1. The Labute approximate surface area is 77.7 Å². The van der Waals surface area contributed by atoms with E-state index in [-0.39, 0.29) is 0 Å². The van der Waals surface area contributed by atoms with E-state index >= 15 is 0 Å². The fourth-order valence-electron chi connectivity index (χ4n) is 2.21. The van der Waals surface area contributed by atoms with Gasteiger partial charge in [0, 0.05) is 13.1 Å². The Kier molecular flexibility index (Phi) is 1.32. The van der Waals surface area contributed by atoms with Crippen molar-refractivity contribution in [1.29, 1.82) is 0 Å². The van der Waals surface area contributed by atoms with Crippen LogP contribution in [0.15, 0.2) is 12.1 Å². The number of nitrogens with one attached hydrogen (secondary N) is 2. The third-order valence-corrected chi connectivity index (χ3v) is 2.82. The van der Waals surface area contributed by atoms with Crippen LogP contribution >= 0.6 is 0 Å². The molecular formula is C10H13N3. The molecule has 2 N–H and O–H groups in total. The first-order valence-electron chi connectivity index (χ1n) is 4.65. The molecule has 1 aromatic rings. The Bertz CT molecular complexity index is 359. The standard InChI is InChI=1S/C10H13N3/c1-13-4-7-2-3-9-10(8(7)5-13)12-6-11-9/h2-3,11-12H,4-6H2,1H3. The van der Waals surface area contributed by atoms with Gasteiger partial charge in [0.1, 0.15) is 0 Å². The maximum Gasteiger partial charge on any atom is 0.0850 e. The minimum atomic E-state index is 0.871. The highest BCUT2D eigenvalue weighted by Crippen LogP contribution is 2.36. The molecule has 2 aliphatic rings. The van der Waals surface area contributed by atoms with Gasteiger partial charge in [-0.15, -0.1) is 0 Å². The van der Waals surface area contributed by atoms with Crippen molar-refractivity contribution in [1.82, 2.24) is 4.90 Å². The van der Waals surface area contributed by atoms with E-state index in [0.29, 0.717) is 0 Å². The molecule has 13 heavy (non-hydrogen) atoms. The lowest BCUT2D eigenvalue weighted by molar-refractivity contribution is 0.353. The number of rotatable bonds is 0. The molecule has 3 heteroatoms. The largest absolute Gasteiger partial charge is 0.366 e. The molecular weight excluding hydrogens is 162 g/mol. The van der Waals surface area contributed by atoms with E-state index in [4.69, 9.17) is 0 Å². The predicted octanol–water partition coefficient (Wildman–Crippen LogP) is 1.43. The summed E-state index contributed by atoms with van der Waals surface area (Å²) >= 11 is 0. The number of hydrogen-bond donors (Lipinski definition) is 2. The molecule has 0 amide bonds. The van der Waals surface area contributed by atoms with Crippen LogP contribution in [-0.4, -0.2) is 18.6 Å². The average Bonchev–Trinajstić information content (AvgIpc) is 2.65. The summed E-state index contributed by atoms with van der Waals surface area (Å²) in [5, 5.41) is 6.70. The first kappa shape index (κ1) is 7.21. The van der Waals surface area contributed by atoms with Crippen LogP contribution in [0.3, 0.4) is 0 Å². The van der Waals surface area contributed by atoms with E-state index in [1.165, 1.54) is 22.5 Å². The molecule has 0 fully saturated rings. The molecule has 2 aliphatic heterocycles. The number of fused-ring (bicyclic) bond motifs is 3. The van der Waals surface area contributed by atoms with E-state index in [1.807, 2.05) is 0 Å². The Balaban J connectivity index is 2.16. The van der Waals surface area contributed by atoms with Gasteiger partial charge in [-0.3, -0.25) is 4.90 Å². The van der Waals surface area contributed by atoms with Crippen LogP contribution in [-0.2, 0) is 13.1 Å². The van der Waals surface area contributed by atoms with Crippen LogP contribution in [0.5, 0.6) is 0 Å². The lowest BCUT2D eigenvalue weighted by Crippen LogP contribution is -2.08. The third kappa shape index (κ3) is 0.937. The SMILES string of the molecule is CN1Cc2ccc3c(c2C1)NCN3. The Morgan fingerprint density at radius 1 is 1.23 bits per heavy atom. The second-order valence-corrected chi connectivity index (χ2v) is 3.83. The second-order valence-electron chi connectivity index (χ2n) is 3.83. The summed E-state index contributed by atoms with van der Waals surface area (Å²) in [6.45, 7) is 3.03. The van der Waals surface area contributed by atoms with Crippen molar-refractivity contribution in [2.45, 2.75) is 13.1 Å². The average molecular weight is 175 g/mol. The minimum absolute atomic E-state index is 0.871. The van der Waals surface area contributed by atoms with E-state index in [2.05, 4.69) is 34.7 Å². The summed E-state index contributed by atoms with van der Waals surface area (Å²) in [4.78, 5) is 2.34. The highest BCUT2D eigenvalue weighted by molar-refractivity contribution is 5.78. The van der Waals surface area contributed by atoms with Crippen LogP contribution in [0.4, 0.5) is 11.4 Å². The van der Waals surface area contributed by atoms with Gasteiger partial charge in [0.25, 0.3) is 0 Å². The first-order chi connectivity index (χ1) is 6.34. The van der Waals surface area contributed by atoms with Gasteiger partial charge in [-0.1, -0.05) is 6.07 Å². The van der Waals surface area contributed by atoms with Gasteiger partial charge in [0.15, 0.2) is 0 Å². The van der Waals surface area contributed by atoms with Gasteiger partial charge in [-0.25, -0.2) is 0 Å². The zero-order chi connectivity index (χ0) is 8.84. The molecule has 0 unspecified atom stereocenters. The van der Waals surface area contributed by atoms with Gasteiger partial charge in [0.2, 0.25) is 0 Å². The normalized spacial score (nSPS) is 19.2. The Hall–Kier alpha value is -1.22. The van der Waals surface area contributed by atoms with E-state index in [9.17, 15) is 0 Å². The maximum atomic E-state index is 3.38. The molecule has 3 rings (SSSR count). The maximum absolute atomic E-state index is 3.38. The smallest absolute Gasteiger partial charge is 0.0850 e. The van der Waals surface area contributed by atoms with Crippen molar-refractivity contribution in [3.63, 3.8) is 0 Å². The minimum Gasteiger partial charge on any atom is -0.366 e. The van der Waals surface area contributed by atoms with Gasteiger partial charge in [0.05, 0.1) is 18.0 Å². The van der Waals surface area contributed by atoms with E-state index < -0.39 is 0 Å². The van der Waals surface area contributed by atoms with Gasteiger partial charge in [-0.05, 0) is 24.2 Å². The van der Waals surface area contributed by atoms with Crippen molar-refractivity contribution < 1.29 is 0 Å². The van der Waals surface area contributed by atoms with Crippen LogP contribution in [0.2, 0.25) is 0 Å². The van der Waals surface area contributed by atoms with E-state index in [0.717, 1.165) is 19.8 Å². The Morgan fingerprint density at radius 3 is 3.08 bits per heavy atom. The summed E-state index contributed by atoms with van der Waals surface area (Å²) in [6, 6.07) is 4.41. The van der Waals surface area contributed by atoms with Crippen molar-refractivity contribution in [2.75, 3.05) is 24.3 Å². The van der Waals surface area contributed by atoms with Crippen LogP contribution < -0.4 is 10.6 Å². The van der Waals surface area contributed by atoms with E-state index in [1.54, 1.807) is 0 Å². The van der Waals surface area contributed by atoms with Crippen LogP contribution in [0.1, 0.15) is 11.1 Å². The zero-order valence-electron chi connectivity index (χ0n) is 7.72. The van der Waals surface area contributed by atoms with Crippen molar-refractivity contribution in [3.05, 3.63) is 23.3 Å². The van der Waals surface area contributed by atoms with Gasteiger partial charge >= 0.3 is 0 Å². The molecule has 0 atom stereocenters. The monoisotopic (exact) mass is 175 g/mol. The number of anilines is 2. The summed E-state index contributed by atoms with van der Waals surface area (Å²) in [7, 11) is 2.16. The quantitative estimate of drug-likeness (QED) is 0.624. The topological polar surface area (TPSA) is 27.3 Å². The molecule has 0 aliphatic carbocycles. The zero-order valence-corrected chi connectivity index (χ0v) is 7.72. The van der Waals surface area contributed by atoms with Crippen molar-refractivity contribution in [3.8, 4) is 0 Å². The lowest BCUT2D eigenvalue weighted by Gasteiger charge is -2.05. The Morgan fingerprint density at radius 2 is 2.15 bits per heavy atom. The molecule has 1 aromatic carbocycles. The predicted molar refractivity (Wildman–Crippen MR) is 53.7 cm³/mol. The molecule has 3 nitrogen and oxygen atoms in total. The number of nitrogens with zero attached hydrogens (tertiary/aromatic N) is 1. The highest BCUT2D eigenvalue weighted by Gasteiger charge is 2.22. The number of hydrogen-bond acceptors (Lipinski definition) is 3. The summed E-state index contributed by atoms with van der Waals surface area (Å²) in [5.41, 5.74) is 5.53.